The third-order valence-electron chi connectivity index (χ3n) is 2.98. The van der Waals surface area contributed by atoms with Crippen molar-refractivity contribution in [2.45, 2.75) is 39.9 Å². The predicted octanol–water partition coefficient (Wildman–Crippen LogP) is 1.81. The van der Waals surface area contributed by atoms with Crippen LogP contribution in [0.4, 0.5) is 0 Å². The van der Waals surface area contributed by atoms with E-state index in [9.17, 15) is 4.79 Å². The molecule has 0 spiro atoms. The van der Waals surface area contributed by atoms with E-state index in [4.69, 9.17) is 4.42 Å². The lowest BCUT2D eigenvalue weighted by atomic mass is 10.4. The Hall–Kier alpha value is -1.75. The molecule has 2 rings (SSSR count). The number of rotatable bonds is 7. The van der Waals surface area contributed by atoms with Crippen LogP contribution in [0.3, 0.4) is 0 Å². The van der Waals surface area contributed by atoms with Gasteiger partial charge in [-0.25, -0.2) is 4.79 Å². The third-order valence-corrected chi connectivity index (χ3v) is 2.98. The van der Waals surface area contributed by atoms with Gasteiger partial charge in [0.25, 0.3) is 0 Å². The van der Waals surface area contributed by atoms with E-state index in [-0.39, 0.29) is 5.69 Å². The lowest BCUT2D eigenvalue weighted by Crippen LogP contribution is -2.24. The molecule has 5 heteroatoms. The molecule has 0 aliphatic rings. The fraction of sp³-hybridized carbons (Fsp3) is 0.500. The smallest absolute Gasteiger partial charge is 0.328 e. The van der Waals surface area contributed by atoms with Gasteiger partial charge in [0.1, 0.15) is 11.5 Å². The van der Waals surface area contributed by atoms with E-state index in [1.165, 1.54) is 0 Å². The molecule has 0 unspecified atom stereocenters. The summed E-state index contributed by atoms with van der Waals surface area (Å²) in [6.45, 7) is 7.00. The first-order valence-corrected chi connectivity index (χ1v) is 6.78. The number of furan rings is 1. The zero-order valence-electron chi connectivity index (χ0n) is 11.6. The summed E-state index contributed by atoms with van der Waals surface area (Å²) >= 11 is 0. The number of aryl methyl sites for hydroxylation is 1. The largest absolute Gasteiger partial charge is 0.463 e. The van der Waals surface area contributed by atoms with Gasteiger partial charge in [0.05, 0.1) is 13.1 Å². The quantitative estimate of drug-likeness (QED) is 0.829. The SMILES string of the molecule is CCCn1ccn(Cc2ccc(CNCC)o2)c1=O. The van der Waals surface area contributed by atoms with Gasteiger partial charge in [0, 0.05) is 18.9 Å². The molecule has 0 fully saturated rings. The number of hydrogen-bond acceptors (Lipinski definition) is 3. The van der Waals surface area contributed by atoms with Crippen molar-refractivity contribution in [1.82, 2.24) is 14.5 Å². The molecule has 0 aliphatic carbocycles. The Balaban J connectivity index is 2.04. The van der Waals surface area contributed by atoms with Crippen LogP contribution in [0, 0.1) is 0 Å². The molecule has 0 saturated heterocycles. The Morgan fingerprint density at radius 2 is 1.89 bits per heavy atom. The summed E-state index contributed by atoms with van der Waals surface area (Å²) in [5, 5.41) is 3.21. The highest BCUT2D eigenvalue weighted by Gasteiger charge is 2.06. The van der Waals surface area contributed by atoms with Gasteiger partial charge in [-0.2, -0.15) is 0 Å². The van der Waals surface area contributed by atoms with Gasteiger partial charge in [-0.05, 0) is 25.1 Å². The lowest BCUT2D eigenvalue weighted by molar-refractivity contribution is 0.436. The maximum absolute atomic E-state index is 12.0. The lowest BCUT2D eigenvalue weighted by Gasteiger charge is -2.00. The van der Waals surface area contributed by atoms with E-state index in [1.807, 2.05) is 24.5 Å². The molecule has 2 aromatic rings. The zero-order valence-corrected chi connectivity index (χ0v) is 11.6. The van der Waals surface area contributed by atoms with Crippen LogP contribution < -0.4 is 11.0 Å². The van der Waals surface area contributed by atoms with Crippen LogP contribution in [0.15, 0.2) is 33.7 Å². The molecule has 2 heterocycles. The summed E-state index contributed by atoms with van der Waals surface area (Å²) in [6.07, 6.45) is 4.59. The van der Waals surface area contributed by atoms with Crippen molar-refractivity contribution in [3.05, 3.63) is 46.5 Å². The summed E-state index contributed by atoms with van der Waals surface area (Å²) in [5.41, 5.74) is 0.0199. The van der Waals surface area contributed by atoms with Crippen molar-refractivity contribution in [1.29, 1.82) is 0 Å². The Kier molecular flexibility index (Phi) is 4.63. The van der Waals surface area contributed by atoms with Gasteiger partial charge >= 0.3 is 5.69 Å². The number of nitrogens with zero attached hydrogens (tertiary/aromatic N) is 2. The van der Waals surface area contributed by atoms with Crippen LogP contribution >= 0.6 is 0 Å². The summed E-state index contributed by atoms with van der Waals surface area (Å²) < 4.78 is 9.08. The highest BCUT2D eigenvalue weighted by atomic mass is 16.3. The van der Waals surface area contributed by atoms with E-state index < -0.39 is 0 Å². The first kappa shape index (κ1) is 13.7. The van der Waals surface area contributed by atoms with E-state index in [0.717, 1.165) is 37.6 Å². The van der Waals surface area contributed by atoms with Crippen molar-refractivity contribution in [3.63, 3.8) is 0 Å². The second kappa shape index (κ2) is 6.43. The normalized spacial score (nSPS) is 11.1. The molecular formula is C14H21N3O2. The molecule has 1 N–H and O–H groups in total. The molecule has 2 aromatic heterocycles. The highest BCUT2D eigenvalue weighted by molar-refractivity contribution is 5.07. The summed E-state index contributed by atoms with van der Waals surface area (Å²) in [7, 11) is 0. The van der Waals surface area contributed by atoms with E-state index >= 15 is 0 Å². The molecule has 0 aliphatic heterocycles. The van der Waals surface area contributed by atoms with Crippen LogP contribution in [0.5, 0.6) is 0 Å². The van der Waals surface area contributed by atoms with Crippen molar-refractivity contribution in [2.75, 3.05) is 6.54 Å². The van der Waals surface area contributed by atoms with Crippen molar-refractivity contribution in [2.24, 2.45) is 0 Å². The number of hydrogen-bond donors (Lipinski definition) is 1. The number of aromatic nitrogens is 2. The minimum atomic E-state index is 0.0199. The molecule has 0 aromatic carbocycles. The van der Waals surface area contributed by atoms with Crippen molar-refractivity contribution >= 4 is 0 Å². The van der Waals surface area contributed by atoms with E-state index in [2.05, 4.69) is 19.2 Å². The van der Waals surface area contributed by atoms with Gasteiger partial charge < -0.3 is 9.73 Å². The zero-order chi connectivity index (χ0) is 13.7. The topological polar surface area (TPSA) is 52.1 Å². The van der Waals surface area contributed by atoms with Crippen LogP contribution in [-0.4, -0.2) is 15.7 Å². The van der Waals surface area contributed by atoms with E-state index in [1.54, 1.807) is 9.13 Å². The molecule has 0 amide bonds. The van der Waals surface area contributed by atoms with Gasteiger partial charge in [0.2, 0.25) is 0 Å². The predicted molar refractivity (Wildman–Crippen MR) is 74.2 cm³/mol. The average Bonchev–Trinajstić information content (AvgIpc) is 2.98. The molecule has 0 radical (unpaired) electrons. The molecule has 19 heavy (non-hydrogen) atoms. The highest BCUT2D eigenvalue weighted by Crippen LogP contribution is 2.08. The molecular weight excluding hydrogens is 242 g/mol. The molecule has 0 bridgehead atoms. The minimum Gasteiger partial charge on any atom is -0.463 e. The minimum absolute atomic E-state index is 0.0199. The van der Waals surface area contributed by atoms with Crippen LogP contribution in [0.1, 0.15) is 31.8 Å². The van der Waals surface area contributed by atoms with Gasteiger partial charge in [-0.1, -0.05) is 13.8 Å². The summed E-state index contributed by atoms with van der Waals surface area (Å²) in [4.78, 5) is 12.0. The van der Waals surface area contributed by atoms with Crippen molar-refractivity contribution in [3.8, 4) is 0 Å². The summed E-state index contributed by atoms with van der Waals surface area (Å²) in [6, 6.07) is 3.88. The monoisotopic (exact) mass is 263 g/mol. The Bertz CT molecular complexity index is 565. The number of imidazole rings is 1. The van der Waals surface area contributed by atoms with Crippen LogP contribution in [0.25, 0.3) is 0 Å². The standard InChI is InChI=1S/C14H21N3O2/c1-3-7-16-8-9-17(14(16)18)11-13-6-5-12(19-13)10-15-4-2/h5-6,8-9,15H,3-4,7,10-11H2,1-2H3. The Labute approximate surface area is 112 Å². The van der Waals surface area contributed by atoms with E-state index in [0.29, 0.717) is 6.54 Å². The Morgan fingerprint density at radius 1 is 1.16 bits per heavy atom. The fourth-order valence-electron chi connectivity index (χ4n) is 2.00. The Morgan fingerprint density at radius 3 is 2.63 bits per heavy atom. The summed E-state index contributed by atoms with van der Waals surface area (Å²) in [5.74, 6) is 1.71. The van der Waals surface area contributed by atoms with Crippen LogP contribution in [0.2, 0.25) is 0 Å². The van der Waals surface area contributed by atoms with Gasteiger partial charge in [-0.15, -0.1) is 0 Å². The van der Waals surface area contributed by atoms with Crippen LogP contribution in [-0.2, 0) is 19.6 Å². The first-order chi connectivity index (χ1) is 9.24. The molecule has 0 atom stereocenters. The molecule has 5 nitrogen and oxygen atoms in total. The average molecular weight is 263 g/mol. The molecule has 0 saturated carbocycles. The molecule has 104 valence electrons. The van der Waals surface area contributed by atoms with Gasteiger partial charge in [0.15, 0.2) is 0 Å². The second-order valence-electron chi connectivity index (χ2n) is 4.55. The maximum Gasteiger partial charge on any atom is 0.328 e. The van der Waals surface area contributed by atoms with Crippen molar-refractivity contribution < 1.29 is 4.42 Å². The fourth-order valence-corrected chi connectivity index (χ4v) is 2.00. The first-order valence-electron chi connectivity index (χ1n) is 6.78. The number of nitrogens with one attached hydrogen (secondary N) is 1. The maximum atomic E-state index is 12.0. The van der Waals surface area contributed by atoms with Gasteiger partial charge in [-0.3, -0.25) is 9.13 Å². The third kappa shape index (κ3) is 3.38. The second-order valence-corrected chi connectivity index (χ2v) is 4.55.